The van der Waals surface area contributed by atoms with E-state index < -0.39 is 5.91 Å². The van der Waals surface area contributed by atoms with Crippen molar-refractivity contribution in [3.8, 4) is 28.1 Å². The van der Waals surface area contributed by atoms with Crippen LogP contribution in [0, 0.1) is 0 Å². The average Bonchev–Trinajstić information content (AvgIpc) is 3.74. The second kappa shape index (κ2) is 10.1. The van der Waals surface area contributed by atoms with Gasteiger partial charge in [0.05, 0.1) is 18.2 Å². The highest BCUT2D eigenvalue weighted by molar-refractivity contribution is 6.09. The normalized spacial score (nSPS) is 13.0. The molecule has 4 N–H and O–H groups in total. The van der Waals surface area contributed by atoms with Crippen molar-refractivity contribution < 1.29 is 14.7 Å². The van der Waals surface area contributed by atoms with Gasteiger partial charge in [0.2, 0.25) is 0 Å². The predicted molar refractivity (Wildman–Crippen MR) is 136 cm³/mol. The van der Waals surface area contributed by atoms with Crippen molar-refractivity contribution in [1.29, 1.82) is 0 Å². The molecule has 8 nitrogen and oxygen atoms in total. The highest BCUT2D eigenvalue weighted by Gasteiger charge is 2.22. The van der Waals surface area contributed by atoms with E-state index in [0.29, 0.717) is 16.6 Å². The largest absolute Gasteiger partial charge is 0.494 e. The van der Waals surface area contributed by atoms with E-state index in [1.807, 2.05) is 24.3 Å². The number of carbonyl (C=O) groups is 1. The molecule has 0 saturated heterocycles. The number of hydrogen-bond acceptors (Lipinski definition) is 7. The molecule has 1 saturated carbocycles. The predicted octanol–water partition coefficient (Wildman–Crippen LogP) is 4.26. The van der Waals surface area contributed by atoms with Crippen LogP contribution in [-0.2, 0) is 0 Å². The van der Waals surface area contributed by atoms with E-state index in [9.17, 15) is 10.0 Å². The number of carbonyl (C=O) groups excluding carboxylic acids is 1. The van der Waals surface area contributed by atoms with Gasteiger partial charge >= 0.3 is 0 Å². The molecule has 0 aliphatic heterocycles. The first-order valence-corrected chi connectivity index (χ1v) is 11.6. The van der Waals surface area contributed by atoms with E-state index >= 15 is 0 Å². The van der Waals surface area contributed by atoms with Crippen molar-refractivity contribution in [2.45, 2.75) is 18.9 Å². The molecule has 35 heavy (non-hydrogen) atoms. The summed E-state index contributed by atoms with van der Waals surface area (Å²) in [6.07, 6.45) is 5.74. The van der Waals surface area contributed by atoms with Crippen LogP contribution in [-0.4, -0.2) is 47.3 Å². The maximum atomic E-state index is 12.5. The fraction of sp³-hybridized carbons (Fsp3) is 0.222. The van der Waals surface area contributed by atoms with Crippen molar-refractivity contribution in [2.75, 3.05) is 25.5 Å². The van der Waals surface area contributed by atoms with E-state index in [1.54, 1.807) is 17.7 Å². The van der Waals surface area contributed by atoms with Crippen LogP contribution in [0.2, 0.25) is 0 Å². The molecule has 2 heterocycles. The molecule has 2 aromatic carbocycles. The van der Waals surface area contributed by atoms with Gasteiger partial charge in [-0.05, 0) is 42.2 Å². The number of pyridine rings is 2. The average molecular weight is 470 g/mol. The molecule has 2 aromatic heterocycles. The lowest BCUT2D eigenvalue weighted by molar-refractivity contribution is 0.0705. The zero-order valence-corrected chi connectivity index (χ0v) is 19.4. The maximum Gasteiger partial charge on any atom is 0.279 e. The van der Waals surface area contributed by atoms with Gasteiger partial charge in [-0.25, -0.2) is 10.5 Å². The first kappa shape index (κ1) is 22.8. The highest BCUT2D eigenvalue weighted by Crippen LogP contribution is 2.36. The summed E-state index contributed by atoms with van der Waals surface area (Å²) in [7, 11) is 1.48. The third-order valence-electron chi connectivity index (χ3n) is 6.12. The molecule has 1 fully saturated rings. The van der Waals surface area contributed by atoms with Crippen molar-refractivity contribution in [1.82, 2.24) is 20.8 Å². The minimum absolute atomic E-state index is 0.183. The number of methoxy groups -OCH3 is 1. The van der Waals surface area contributed by atoms with Gasteiger partial charge in [0.25, 0.3) is 5.91 Å². The number of hydroxylamine groups is 1. The van der Waals surface area contributed by atoms with Crippen LogP contribution < -0.4 is 20.9 Å². The summed E-state index contributed by atoms with van der Waals surface area (Å²) in [5.41, 5.74) is 7.02. The van der Waals surface area contributed by atoms with Gasteiger partial charge in [0.15, 0.2) is 5.75 Å². The van der Waals surface area contributed by atoms with E-state index in [-0.39, 0.29) is 11.3 Å². The van der Waals surface area contributed by atoms with Gasteiger partial charge in [-0.1, -0.05) is 36.4 Å². The summed E-state index contributed by atoms with van der Waals surface area (Å²) in [6.45, 7) is 1.87. The fourth-order valence-electron chi connectivity index (χ4n) is 4.14. The van der Waals surface area contributed by atoms with Crippen LogP contribution in [0.4, 0.5) is 5.69 Å². The number of nitrogens with zero attached hydrogens (tertiary/aromatic N) is 2. The van der Waals surface area contributed by atoms with Crippen LogP contribution in [0.25, 0.3) is 33.3 Å². The summed E-state index contributed by atoms with van der Waals surface area (Å²) in [5, 5.41) is 16.7. The molecule has 0 atom stereocenters. The summed E-state index contributed by atoms with van der Waals surface area (Å²) in [5.74, 6) is -0.409. The van der Waals surface area contributed by atoms with Crippen LogP contribution in [0.5, 0.6) is 5.75 Å². The third kappa shape index (κ3) is 4.94. The van der Waals surface area contributed by atoms with Crippen LogP contribution in [0.1, 0.15) is 23.2 Å². The molecule has 0 bridgehead atoms. The zero-order valence-electron chi connectivity index (χ0n) is 19.4. The number of benzene rings is 2. The quantitative estimate of drug-likeness (QED) is 0.165. The van der Waals surface area contributed by atoms with Crippen molar-refractivity contribution >= 4 is 22.5 Å². The Morgan fingerprint density at radius 1 is 1.00 bits per heavy atom. The lowest BCUT2D eigenvalue weighted by Gasteiger charge is -2.15. The van der Waals surface area contributed by atoms with E-state index in [1.165, 1.54) is 26.1 Å². The summed E-state index contributed by atoms with van der Waals surface area (Å²) in [4.78, 5) is 21.3. The van der Waals surface area contributed by atoms with Crippen molar-refractivity contribution in [3.63, 3.8) is 0 Å². The Labute approximate surface area is 203 Å². The number of anilines is 1. The van der Waals surface area contributed by atoms with Crippen molar-refractivity contribution in [2.24, 2.45) is 0 Å². The minimum atomic E-state index is -0.683. The Hall–Kier alpha value is -4.01. The lowest BCUT2D eigenvalue weighted by Crippen LogP contribution is -2.23. The smallest absolute Gasteiger partial charge is 0.279 e. The second-order valence-electron chi connectivity index (χ2n) is 8.51. The molecular formula is C27H27N5O3. The number of amides is 1. The Morgan fingerprint density at radius 3 is 2.34 bits per heavy atom. The number of nitrogens with one attached hydrogen (secondary N) is 3. The van der Waals surface area contributed by atoms with E-state index in [4.69, 9.17) is 9.72 Å². The molecular weight excluding hydrogens is 442 g/mol. The summed E-state index contributed by atoms with van der Waals surface area (Å²) >= 11 is 0. The topological polar surface area (TPSA) is 108 Å². The number of rotatable bonds is 9. The number of hydrogen-bond donors (Lipinski definition) is 4. The molecule has 5 rings (SSSR count). The standard InChI is InChI=1S/C27H27N5O3/c1-35-26-24(27(33)32-34)22-16-28-13-12-23(22)31-25(26)19-4-2-17(3-5-19)18-6-8-20(9-7-18)29-14-15-30-21-10-11-21/h2-9,12-13,16,21,29-30,34H,10-11,14-15H2,1H3,(H,32,33). The highest BCUT2D eigenvalue weighted by atomic mass is 16.5. The zero-order chi connectivity index (χ0) is 24.2. The van der Waals surface area contributed by atoms with Crippen molar-refractivity contribution in [3.05, 3.63) is 72.6 Å². The minimum Gasteiger partial charge on any atom is -0.494 e. The first-order chi connectivity index (χ1) is 17.2. The lowest BCUT2D eigenvalue weighted by atomic mass is 9.99. The fourth-order valence-corrected chi connectivity index (χ4v) is 4.14. The summed E-state index contributed by atoms with van der Waals surface area (Å²) in [6, 6.07) is 18.7. The Balaban J connectivity index is 1.39. The van der Waals surface area contributed by atoms with E-state index in [0.717, 1.165) is 41.5 Å². The van der Waals surface area contributed by atoms with Gasteiger partial charge in [-0.2, -0.15) is 0 Å². The van der Waals surface area contributed by atoms with Gasteiger partial charge in [-0.15, -0.1) is 0 Å². The van der Waals surface area contributed by atoms with Crippen LogP contribution in [0.15, 0.2) is 67.0 Å². The molecule has 8 heteroatoms. The van der Waals surface area contributed by atoms with Gasteiger partial charge in [0.1, 0.15) is 5.69 Å². The SMILES string of the molecule is COc1c(-c2ccc(-c3ccc(NCCNC4CC4)cc3)cc2)nc2ccncc2c1C(=O)NO. The molecule has 0 unspecified atom stereocenters. The monoisotopic (exact) mass is 469 g/mol. The molecule has 0 spiro atoms. The Morgan fingerprint density at radius 2 is 1.69 bits per heavy atom. The second-order valence-corrected chi connectivity index (χ2v) is 8.51. The molecule has 4 aromatic rings. The number of aromatic nitrogens is 2. The Bertz CT molecular complexity index is 1340. The van der Waals surface area contributed by atoms with Gasteiger partial charge in [0, 0.05) is 48.2 Å². The van der Waals surface area contributed by atoms with Gasteiger partial charge < -0.3 is 15.4 Å². The number of ether oxygens (including phenoxy) is 1. The molecule has 0 radical (unpaired) electrons. The number of fused-ring (bicyclic) bond motifs is 1. The molecule has 1 aliphatic rings. The van der Waals surface area contributed by atoms with Crippen LogP contribution in [0.3, 0.4) is 0 Å². The van der Waals surface area contributed by atoms with E-state index in [2.05, 4.69) is 39.9 Å². The molecule has 1 aliphatic carbocycles. The van der Waals surface area contributed by atoms with Crippen LogP contribution >= 0.6 is 0 Å². The van der Waals surface area contributed by atoms with Gasteiger partial charge in [-0.3, -0.25) is 15.0 Å². The molecule has 1 amide bonds. The third-order valence-corrected chi connectivity index (χ3v) is 6.12. The summed E-state index contributed by atoms with van der Waals surface area (Å²) < 4.78 is 5.57. The Kier molecular flexibility index (Phi) is 6.56. The maximum absolute atomic E-state index is 12.5. The first-order valence-electron chi connectivity index (χ1n) is 11.6. The molecule has 178 valence electrons.